The molecule has 1 aromatic rings. The van der Waals surface area contributed by atoms with E-state index >= 15 is 0 Å². The molecule has 5 nitrogen and oxygen atoms in total. The van der Waals surface area contributed by atoms with Gasteiger partial charge in [-0.05, 0) is 44.1 Å². The Morgan fingerprint density at radius 1 is 1.42 bits per heavy atom. The molecular formula is C13H18N2O3S. The first-order valence-corrected chi connectivity index (χ1v) is 6.57. The molecule has 19 heavy (non-hydrogen) atoms. The predicted octanol–water partition coefficient (Wildman–Crippen LogP) is 1.55. The number of carbonyl (C=O) groups excluding carboxylic acids is 2. The number of esters is 1. The molecule has 1 aromatic carbocycles. The molecule has 1 atom stereocenters. The molecule has 0 aliphatic carbocycles. The average Bonchev–Trinajstić information content (AvgIpc) is 2.44. The van der Waals surface area contributed by atoms with Crippen LogP contribution in [-0.4, -0.2) is 43.4 Å². The zero-order valence-electron chi connectivity index (χ0n) is 11.5. The largest absolute Gasteiger partial charge is 0.468 e. The van der Waals surface area contributed by atoms with Crippen LogP contribution in [0.25, 0.3) is 0 Å². The van der Waals surface area contributed by atoms with E-state index in [2.05, 4.69) is 5.32 Å². The molecule has 0 aliphatic heterocycles. The number of methoxy groups -OCH3 is 1. The second kappa shape index (κ2) is 7.16. The highest BCUT2D eigenvalue weighted by Gasteiger charge is 2.19. The third-order valence-corrected chi connectivity index (χ3v) is 3.73. The number of carbonyl (C=O) groups is 2. The zero-order valence-corrected chi connectivity index (χ0v) is 12.3. The smallest absolute Gasteiger partial charge is 0.323 e. The number of rotatable bonds is 5. The second-order valence-corrected chi connectivity index (χ2v) is 5.17. The predicted molar refractivity (Wildman–Crippen MR) is 74.9 cm³/mol. The molecule has 0 saturated heterocycles. The maximum Gasteiger partial charge on any atom is 0.323 e. The topological polar surface area (TPSA) is 58.6 Å². The molecule has 1 rings (SSSR count). The van der Waals surface area contributed by atoms with E-state index in [1.54, 1.807) is 37.5 Å². The molecule has 0 bridgehead atoms. The summed E-state index contributed by atoms with van der Waals surface area (Å²) in [5.74, 6) is -0.427. The van der Waals surface area contributed by atoms with Crippen molar-refractivity contribution in [2.45, 2.75) is 17.9 Å². The second-order valence-electron chi connectivity index (χ2n) is 3.94. The van der Waals surface area contributed by atoms with Gasteiger partial charge in [0.05, 0.1) is 7.11 Å². The van der Waals surface area contributed by atoms with Gasteiger partial charge < -0.3 is 10.1 Å². The summed E-state index contributed by atoms with van der Waals surface area (Å²) in [5.41, 5.74) is 0.589. The van der Waals surface area contributed by atoms with E-state index in [1.807, 2.05) is 12.1 Å². The number of hydrogen-bond donors (Lipinski definition) is 1. The summed E-state index contributed by atoms with van der Waals surface area (Å²) in [5, 5.41) is 2.58. The maximum atomic E-state index is 11.5. The summed E-state index contributed by atoms with van der Waals surface area (Å²) in [6.07, 6.45) is 0. The molecule has 0 aliphatic rings. The van der Waals surface area contributed by atoms with Crippen molar-refractivity contribution in [3.05, 3.63) is 29.8 Å². The van der Waals surface area contributed by atoms with Crippen molar-refractivity contribution in [2.24, 2.45) is 0 Å². The van der Waals surface area contributed by atoms with Gasteiger partial charge in [-0.1, -0.05) is 6.07 Å². The minimum absolute atomic E-state index is 0.133. The summed E-state index contributed by atoms with van der Waals surface area (Å²) in [7, 11) is 4.76. The lowest BCUT2D eigenvalue weighted by atomic mass is 10.2. The van der Waals surface area contributed by atoms with Crippen LogP contribution in [0.1, 0.15) is 17.3 Å². The van der Waals surface area contributed by atoms with Gasteiger partial charge >= 0.3 is 5.97 Å². The van der Waals surface area contributed by atoms with Crippen molar-refractivity contribution in [3.63, 3.8) is 0 Å². The van der Waals surface area contributed by atoms with Crippen LogP contribution in [0, 0.1) is 0 Å². The lowest BCUT2D eigenvalue weighted by Crippen LogP contribution is -2.32. The van der Waals surface area contributed by atoms with E-state index in [-0.39, 0.29) is 17.9 Å². The van der Waals surface area contributed by atoms with E-state index < -0.39 is 0 Å². The zero-order chi connectivity index (χ0) is 14.4. The fraction of sp³-hybridized carbons (Fsp3) is 0.385. The minimum atomic E-state index is -0.362. The molecule has 104 valence electrons. The lowest BCUT2D eigenvalue weighted by Gasteiger charge is -2.21. The highest BCUT2D eigenvalue weighted by molar-refractivity contribution is 7.97. The van der Waals surface area contributed by atoms with Crippen molar-refractivity contribution in [1.82, 2.24) is 9.62 Å². The highest BCUT2D eigenvalue weighted by Crippen LogP contribution is 2.24. The van der Waals surface area contributed by atoms with Crippen molar-refractivity contribution < 1.29 is 14.3 Å². The Balaban J connectivity index is 2.77. The summed E-state index contributed by atoms with van der Waals surface area (Å²) >= 11 is 1.39. The Bertz CT molecular complexity index is 465. The summed E-state index contributed by atoms with van der Waals surface area (Å²) in [6.45, 7) is 1.77. The number of nitrogens with zero attached hydrogens (tertiary/aromatic N) is 1. The third-order valence-electron chi connectivity index (χ3n) is 2.66. The summed E-state index contributed by atoms with van der Waals surface area (Å²) < 4.78 is 6.48. The van der Waals surface area contributed by atoms with E-state index in [0.29, 0.717) is 5.56 Å². The molecule has 0 fully saturated rings. The summed E-state index contributed by atoms with van der Waals surface area (Å²) in [6, 6.07) is 6.86. The minimum Gasteiger partial charge on any atom is -0.468 e. The van der Waals surface area contributed by atoms with E-state index in [4.69, 9.17) is 4.74 Å². The Labute approximate surface area is 117 Å². The standard InChI is InChI=1S/C13H18N2O3S/c1-9(13(17)18-4)15(3)19-11-7-5-6-10(8-11)12(16)14-2/h5-9H,1-4H3,(H,14,16). The van der Waals surface area contributed by atoms with Crippen LogP contribution >= 0.6 is 11.9 Å². The number of amides is 1. The van der Waals surface area contributed by atoms with E-state index in [9.17, 15) is 9.59 Å². The fourth-order valence-corrected chi connectivity index (χ4v) is 2.30. The highest BCUT2D eigenvalue weighted by atomic mass is 32.2. The van der Waals surface area contributed by atoms with Crippen LogP contribution in [0.5, 0.6) is 0 Å². The van der Waals surface area contributed by atoms with Gasteiger partial charge in [0, 0.05) is 17.5 Å². The van der Waals surface area contributed by atoms with Gasteiger partial charge in [-0.25, -0.2) is 4.31 Å². The van der Waals surface area contributed by atoms with Gasteiger partial charge in [0.15, 0.2) is 0 Å². The van der Waals surface area contributed by atoms with Gasteiger partial charge in [-0.3, -0.25) is 9.59 Å². The van der Waals surface area contributed by atoms with Crippen LogP contribution in [0.2, 0.25) is 0 Å². The Kier molecular flexibility index (Phi) is 5.85. The molecule has 0 radical (unpaired) electrons. The van der Waals surface area contributed by atoms with Crippen LogP contribution < -0.4 is 5.32 Å². The first-order valence-electron chi connectivity index (χ1n) is 5.80. The van der Waals surface area contributed by atoms with Crippen LogP contribution in [-0.2, 0) is 9.53 Å². The van der Waals surface area contributed by atoms with Crippen molar-refractivity contribution in [2.75, 3.05) is 21.2 Å². The SMILES string of the molecule is CNC(=O)c1cccc(SN(C)C(C)C(=O)OC)c1. The average molecular weight is 282 g/mol. The lowest BCUT2D eigenvalue weighted by molar-refractivity contribution is -0.144. The van der Waals surface area contributed by atoms with Crippen molar-refractivity contribution in [1.29, 1.82) is 0 Å². The van der Waals surface area contributed by atoms with Gasteiger partial charge in [-0.15, -0.1) is 0 Å². The fourth-order valence-electron chi connectivity index (χ4n) is 1.40. The number of ether oxygens (including phenoxy) is 1. The normalized spacial score (nSPS) is 12.1. The monoisotopic (exact) mass is 282 g/mol. The van der Waals surface area contributed by atoms with Gasteiger partial charge in [0.1, 0.15) is 6.04 Å². The Hall–Kier alpha value is -1.53. The summed E-state index contributed by atoms with van der Waals surface area (Å²) in [4.78, 5) is 23.8. The van der Waals surface area contributed by atoms with Crippen LogP contribution in [0.3, 0.4) is 0 Å². The number of nitrogens with one attached hydrogen (secondary N) is 1. The van der Waals surface area contributed by atoms with Crippen molar-refractivity contribution >= 4 is 23.8 Å². The maximum absolute atomic E-state index is 11.5. The molecule has 0 heterocycles. The molecular weight excluding hydrogens is 264 g/mol. The first-order chi connectivity index (χ1) is 8.99. The quantitative estimate of drug-likeness (QED) is 0.656. The molecule has 1 unspecified atom stereocenters. The van der Waals surface area contributed by atoms with Gasteiger partial charge in [0.25, 0.3) is 5.91 Å². The number of hydrogen-bond acceptors (Lipinski definition) is 5. The number of benzene rings is 1. The van der Waals surface area contributed by atoms with E-state index in [1.165, 1.54) is 19.1 Å². The van der Waals surface area contributed by atoms with Crippen LogP contribution in [0.4, 0.5) is 0 Å². The van der Waals surface area contributed by atoms with Gasteiger partial charge in [0.2, 0.25) is 0 Å². The van der Waals surface area contributed by atoms with Crippen LogP contribution in [0.15, 0.2) is 29.2 Å². The molecule has 1 amide bonds. The van der Waals surface area contributed by atoms with E-state index in [0.717, 1.165) is 4.90 Å². The number of likely N-dealkylation sites (N-methyl/N-ethyl adjacent to an activating group) is 1. The van der Waals surface area contributed by atoms with Crippen molar-refractivity contribution in [3.8, 4) is 0 Å². The molecule has 0 spiro atoms. The molecule has 0 aromatic heterocycles. The molecule has 6 heteroatoms. The first kappa shape index (κ1) is 15.5. The molecule has 0 saturated carbocycles. The Morgan fingerprint density at radius 3 is 2.68 bits per heavy atom. The third kappa shape index (κ3) is 4.25. The molecule has 1 N–H and O–H groups in total. The van der Waals surface area contributed by atoms with Gasteiger partial charge in [-0.2, -0.15) is 0 Å². The Morgan fingerprint density at radius 2 is 2.11 bits per heavy atom.